The topological polar surface area (TPSA) is 35.9 Å². The molecule has 0 aromatic heterocycles. The second kappa shape index (κ2) is 3.79. The molecule has 0 aliphatic carbocycles. The second-order valence-electron chi connectivity index (χ2n) is 3.02. The van der Waals surface area contributed by atoms with Crippen molar-refractivity contribution in [1.82, 2.24) is 0 Å². The maximum atomic E-state index is 7.56. The number of anilines is 1. The molecule has 1 rings (SSSR count). The molecule has 0 atom stereocenters. The molecule has 0 radical (unpaired) electrons. The van der Waals surface area contributed by atoms with Gasteiger partial charge in [-0.3, -0.25) is 0 Å². The molecule has 0 spiro atoms. The lowest BCUT2D eigenvalue weighted by molar-refractivity contribution is 1.38. The summed E-state index contributed by atoms with van der Waals surface area (Å²) in [5.74, 6) is 0. The molecule has 0 saturated heterocycles. The average Bonchev–Trinajstić information content (AvgIpc) is 2.08. The van der Waals surface area contributed by atoms with E-state index in [1.165, 1.54) is 0 Å². The van der Waals surface area contributed by atoms with Gasteiger partial charge in [-0.25, -0.2) is 0 Å². The third-order valence-electron chi connectivity index (χ3n) is 1.97. The summed E-state index contributed by atoms with van der Waals surface area (Å²) in [6.45, 7) is 3.71. The van der Waals surface area contributed by atoms with Gasteiger partial charge in [0, 0.05) is 29.0 Å². The van der Waals surface area contributed by atoms with Crippen LogP contribution in [0.15, 0.2) is 12.1 Å². The summed E-state index contributed by atoms with van der Waals surface area (Å²) < 4.78 is 0. The molecular weight excluding hydrogens is 184 g/mol. The van der Waals surface area contributed by atoms with Crippen LogP contribution in [-0.4, -0.2) is 12.8 Å². The van der Waals surface area contributed by atoms with Crippen LogP contribution in [0.1, 0.15) is 18.1 Å². The fourth-order valence-electron chi connectivity index (χ4n) is 1.20. The van der Waals surface area contributed by atoms with Gasteiger partial charge in [0.1, 0.15) is 0 Å². The first-order valence-electron chi connectivity index (χ1n) is 4.09. The highest BCUT2D eigenvalue weighted by Crippen LogP contribution is 2.24. The monoisotopic (exact) mass is 196 g/mol. The highest BCUT2D eigenvalue weighted by Gasteiger charge is 2.06. The first-order chi connectivity index (χ1) is 6.06. The van der Waals surface area contributed by atoms with Crippen molar-refractivity contribution in [2.75, 3.05) is 12.4 Å². The third-order valence-corrected chi connectivity index (χ3v) is 2.38. The quantitative estimate of drug-likeness (QED) is 0.701. The predicted octanol–water partition coefficient (Wildman–Crippen LogP) is 3.08. The van der Waals surface area contributed by atoms with Crippen LogP contribution < -0.4 is 5.32 Å². The van der Waals surface area contributed by atoms with Gasteiger partial charge in [-0.2, -0.15) is 0 Å². The molecule has 0 saturated carbocycles. The normalized spacial score (nSPS) is 9.85. The predicted molar refractivity (Wildman–Crippen MR) is 58.2 cm³/mol. The Morgan fingerprint density at radius 3 is 2.54 bits per heavy atom. The largest absolute Gasteiger partial charge is 0.388 e. The van der Waals surface area contributed by atoms with Gasteiger partial charge in [0.25, 0.3) is 0 Å². The standard InChI is InChI=1S/C10H13ClN2/c1-6-4-8(7(2)12)10(13-3)5-9(6)11/h4-5,12-13H,1-3H3. The van der Waals surface area contributed by atoms with E-state index >= 15 is 0 Å². The van der Waals surface area contributed by atoms with E-state index in [1.807, 2.05) is 26.1 Å². The minimum Gasteiger partial charge on any atom is -0.388 e. The Morgan fingerprint density at radius 2 is 2.08 bits per heavy atom. The molecule has 13 heavy (non-hydrogen) atoms. The van der Waals surface area contributed by atoms with Gasteiger partial charge >= 0.3 is 0 Å². The van der Waals surface area contributed by atoms with Crippen molar-refractivity contribution in [3.05, 3.63) is 28.3 Å². The van der Waals surface area contributed by atoms with Crippen molar-refractivity contribution in [1.29, 1.82) is 5.41 Å². The van der Waals surface area contributed by atoms with E-state index in [0.717, 1.165) is 21.8 Å². The van der Waals surface area contributed by atoms with Crippen molar-refractivity contribution in [3.8, 4) is 0 Å². The molecule has 1 aromatic rings. The summed E-state index contributed by atoms with van der Waals surface area (Å²) in [6, 6.07) is 3.78. The molecule has 0 fully saturated rings. The molecule has 2 N–H and O–H groups in total. The van der Waals surface area contributed by atoms with E-state index < -0.39 is 0 Å². The molecule has 3 heteroatoms. The summed E-state index contributed by atoms with van der Waals surface area (Å²) >= 11 is 5.96. The Balaban J connectivity index is 3.33. The Hall–Kier alpha value is -1.02. The van der Waals surface area contributed by atoms with Gasteiger partial charge < -0.3 is 10.7 Å². The SMILES string of the molecule is CNc1cc(Cl)c(C)cc1C(C)=N. The Bertz CT molecular complexity index is 345. The summed E-state index contributed by atoms with van der Waals surface area (Å²) in [7, 11) is 1.83. The molecule has 0 aliphatic heterocycles. The maximum Gasteiger partial charge on any atom is 0.0456 e. The van der Waals surface area contributed by atoms with Crippen LogP contribution in [0.5, 0.6) is 0 Å². The van der Waals surface area contributed by atoms with Gasteiger partial charge in [-0.1, -0.05) is 11.6 Å². The third kappa shape index (κ3) is 2.01. The van der Waals surface area contributed by atoms with Crippen LogP contribution in [-0.2, 0) is 0 Å². The van der Waals surface area contributed by atoms with Crippen molar-refractivity contribution < 1.29 is 0 Å². The lowest BCUT2D eigenvalue weighted by atomic mass is 10.1. The van der Waals surface area contributed by atoms with Gasteiger partial charge in [0.15, 0.2) is 0 Å². The van der Waals surface area contributed by atoms with Gasteiger partial charge in [0.05, 0.1) is 0 Å². The number of benzene rings is 1. The molecule has 70 valence electrons. The molecular formula is C10H13ClN2. The number of hydrogen-bond acceptors (Lipinski definition) is 2. The maximum absolute atomic E-state index is 7.56. The van der Waals surface area contributed by atoms with Crippen LogP contribution in [0.3, 0.4) is 0 Å². The molecule has 2 nitrogen and oxygen atoms in total. The van der Waals surface area contributed by atoms with Gasteiger partial charge in [0.2, 0.25) is 0 Å². The summed E-state index contributed by atoms with van der Waals surface area (Å²) in [6.07, 6.45) is 0. The van der Waals surface area contributed by atoms with E-state index in [9.17, 15) is 0 Å². The fourth-order valence-corrected chi connectivity index (χ4v) is 1.36. The lowest BCUT2D eigenvalue weighted by Crippen LogP contribution is -2.01. The minimum absolute atomic E-state index is 0.545. The minimum atomic E-state index is 0.545. The van der Waals surface area contributed by atoms with Gasteiger partial charge in [-0.15, -0.1) is 0 Å². The van der Waals surface area contributed by atoms with Crippen LogP contribution in [0.4, 0.5) is 5.69 Å². The Labute approximate surface area is 83.4 Å². The van der Waals surface area contributed by atoms with Gasteiger partial charge in [-0.05, 0) is 31.5 Å². The molecule has 0 aliphatic rings. The Morgan fingerprint density at radius 1 is 1.46 bits per heavy atom. The van der Waals surface area contributed by atoms with E-state index in [2.05, 4.69) is 5.32 Å². The first-order valence-corrected chi connectivity index (χ1v) is 4.47. The smallest absolute Gasteiger partial charge is 0.0456 e. The molecule has 1 aromatic carbocycles. The van der Waals surface area contributed by atoms with E-state index in [4.69, 9.17) is 17.0 Å². The molecule has 0 amide bonds. The zero-order valence-corrected chi connectivity index (χ0v) is 8.79. The number of nitrogens with one attached hydrogen (secondary N) is 2. The van der Waals surface area contributed by atoms with Crippen molar-refractivity contribution in [2.24, 2.45) is 0 Å². The zero-order chi connectivity index (χ0) is 10.0. The molecule has 0 heterocycles. The van der Waals surface area contributed by atoms with Crippen LogP contribution >= 0.6 is 11.6 Å². The summed E-state index contributed by atoms with van der Waals surface area (Å²) in [5.41, 5.74) is 3.36. The molecule has 0 unspecified atom stereocenters. The summed E-state index contributed by atoms with van der Waals surface area (Å²) in [4.78, 5) is 0. The highest BCUT2D eigenvalue weighted by molar-refractivity contribution is 6.31. The zero-order valence-electron chi connectivity index (χ0n) is 8.03. The number of rotatable bonds is 2. The average molecular weight is 197 g/mol. The van der Waals surface area contributed by atoms with Crippen LogP contribution in [0.25, 0.3) is 0 Å². The van der Waals surface area contributed by atoms with Crippen LogP contribution in [0.2, 0.25) is 5.02 Å². The van der Waals surface area contributed by atoms with Crippen molar-refractivity contribution >= 4 is 23.0 Å². The van der Waals surface area contributed by atoms with E-state index in [1.54, 1.807) is 6.92 Å². The number of aryl methyl sites for hydroxylation is 1. The molecule has 0 bridgehead atoms. The van der Waals surface area contributed by atoms with Crippen molar-refractivity contribution in [2.45, 2.75) is 13.8 Å². The fraction of sp³-hybridized carbons (Fsp3) is 0.300. The number of hydrogen-bond donors (Lipinski definition) is 2. The van der Waals surface area contributed by atoms with E-state index in [0.29, 0.717) is 5.71 Å². The summed E-state index contributed by atoms with van der Waals surface area (Å²) in [5, 5.41) is 11.3. The highest BCUT2D eigenvalue weighted by atomic mass is 35.5. The first kappa shape index (κ1) is 10.1. The Kier molecular flexibility index (Phi) is 2.94. The lowest BCUT2D eigenvalue weighted by Gasteiger charge is -2.10. The van der Waals surface area contributed by atoms with E-state index in [-0.39, 0.29) is 0 Å². The number of halogens is 1. The van der Waals surface area contributed by atoms with Crippen molar-refractivity contribution in [3.63, 3.8) is 0 Å². The second-order valence-corrected chi connectivity index (χ2v) is 3.43. The van der Waals surface area contributed by atoms with Crippen LogP contribution in [0, 0.1) is 12.3 Å².